The van der Waals surface area contributed by atoms with Crippen molar-refractivity contribution in [2.75, 3.05) is 12.3 Å². The van der Waals surface area contributed by atoms with E-state index in [0.29, 0.717) is 21.5 Å². The topological polar surface area (TPSA) is 88.0 Å². The van der Waals surface area contributed by atoms with Crippen molar-refractivity contribution in [2.24, 2.45) is 0 Å². The van der Waals surface area contributed by atoms with Gasteiger partial charge in [0, 0.05) is 42.7 Å². The third-order valence-corrected chi connectivity index (χ3v) is 18.9. The average molecular weight is 894 g/mol. The molecule has 6 aromatic carbocycles. The van der Waals surface area contributed by atoms with Crippen LogP contribution in [0, 0.1) is 7.43 Å². The molecule has 58 heavy (non-hydrogen) atoms. The zero-order valence-electron chi connectivity index (χ0n) is 31.6. The van der Waals surface area contributed by atoms with Crippen LogP contribution in [0.2, 0.25) is 0 Å². The van der Waals surface area contributed by atoms with Crippen molar-refractivity contribution in [1.29, 1.82) is 0 Å². The average Bonchev–Trinajstić information content (AvgIpc) is 3.79. The molecule has 2 aromatic heterocycles. The molecule has 0 fully saturated rings. The van der Waals surface area contributed by atoms with Crippen molar-refractivity contribution < 1.29 is 20.4 Å². The summed E-state index contributed by atoms with van der Waals surface area (Å²) in [5, 5.41) is 1.67. The number of hydrogen-bond donors (Lipinski definition) is 0. The normalized spacial score (nSPS) is 20.6. The van der Waals surface area contributed by atoms with Crippen LogP contribution < -0.4 is 22.2 Å². The largest absolute Gasteiger partial charge is 0.358 e. The number of benzene rings is 6. The van der Waals surface area contributed by atoms with Gasteiger partial charge in [0.15, 0.2) is 23.1 Å². The van der Waals surface area contributed by atoms with Gasteiger partial charge in [-0.3, -0.25) is 19.2 Å². The van der Waals surface area contributed by atoms with E-state index in [4.69, 9.17) is 0 Å². The Hall–Kier alpha value is -5.28. The minimum atomic E-state index is -1.74. The fraction of sp³-hybridized carbons (Fsp3) is 0.128. The molecule has 11 heteroatoms. The van der Waals surface area contributed by atoms with Crippen molar-refractivity contribution in [2.45, 2.75) is 23.1 Å². The summed E-state index contributed by atoms with van der Waals surface area (Å²) in [6.07, 6.45) is 1.46. The van der Waals surface area contributed by atoms with E-state index < -0.39 is 15.8 Å². The van der Waals surface area contributed by atoms with Gasteiger partial charge in [-0.15, -0.1) is 0 Å². The molecular weight excluding hydrogens is 853 g/mol. The number of fused-ring (bicyclic) bond motifs is 4. The Morgan fingerprint density at radius 3 is 0.724 bits per heavy atom. The zero-order chi connectivity index (χ0) is 37.9. The Balaban J connectivity index is 0.00000235. The third-order valence-electron chi connectivity index (χ3n) is 11.6. The molecule has 0 amide bonds. The van der Waals surface area contributed by atoms with Crippen LogP contribution >= 0.6 is 15.8 Å². The van der Waals surface area contributed by atoms with E-state index in [0.717, 1.165) is 34.6 Å². The van der Waals surface area contributed by atoms with Crippen molar-refractivity contribution >= 4 is 37.4 Å². The predicted octanol–water partition coefficient (Wildman–Crippen LogP) is 8.43. The maximum absolute atomic E-state index is 14.7. The van der Waals surface area contributed by atoms with Gasteiger partial charge in [-0.25, -0.2) is 18.7 Å². The second-order valence-electron chi connectivity index (χ2n) is 14.6. The van der Waals surface area contributed by atoms with E-state index in [1.54, 1.807) is 43.0 Å². The summed E-state index contributed by atoms with van der Waals surface area (Å²) in [6, 6.07) is 54.8. The maximum Gasteiger partial charge on any atom is 0.277 e. The Morgan fingerprint density at radius 1 is 0.328 bits per heavy atom. The Morgan fingerprint density at radius 2 is 0.517 bits per heavy atom. The number of rotatable bonds is 7. The van der Waals surface area contributed by atoms with Gasteiger partial charge in [-0.1, -0.05) is 146 Å². The van der Waals surface area contributed by atoms with Gasteiger partial charge < -0.3 is 7.43 Å². The van der Waals surface area contributed by atoms with Crippen LogP contribution in [-0.2, 0) is 20.4 Å². The summed E-state index contributed by atoms with van der Waals surface area (Å²) in [4.78, 5) is 58.8. The van der Waals surface area contributed by atoms with Crippen LogP contribution in [0.4, 0.5) is 0 Å². The fourth-order valence-corrected chi connectivity index (χ4v) is 18.0. The SMILES string of the molecule is O=c1c2ccccc2c(=O)n2n1C(c1ccccc1)[PH+](CC[PH+]1C(c3ccccc3)n3c(=O)c4ccccc4c(=O)n3[C@@H]1c1ccccc1)[C@H]2c1ccccc1.[CH3-].[Pd]. The Labute approximate surface area is 351 Å². The molecule has 0 spiro atoms. The van der Waals surface area contributed by atoms with E-state index in [2.05, 4.69) is 48.5 Å². The van der Waals surface area contributed by atoms with Crippen LogP contribution in [0.15, 0.2) is 189 Å². The standard InChI is InChI=1S/C46H36N4O4P2.CH3.Pd/c51-39-35-25-13-14-26-36(35)40(52)48-44(32-19-7-2-8-20-32)55(43(47(39)48)31-17-5-1-6-18-31)29-30-56-45(33-21-9-3-10-22-33)49-41(53)37-27-15-16-28-38(37)42(54)50(49)46(56)34-23-11-4-12-24-34;;/h1-28,43-46H,29-30H2;1H3;/q;-1;/p+2/t43-,44?,45-,46?,55?,56?;;/m0../s1. The van der Waals surface area contributed by atoms with Crippen molar-refractivity contribution in [3.8, 4) is 0 Å². The molecule has 0 aliphatic carbocycles. The summed E-state index contributed by atoms with van der Waals surface area (Å²) in [6.45, 7) is 0. The second kappa shape index (κ2) is 16.2. The summed E-state index contributed by atoms with van der Waals surface area (Å²) < 4.78 is 7.05. The van der Waals surface area contributed by atoms with Crippen molar-refractivity contribution in [3.63, 3.8) is 0 Å². The molecule has 8 nitrogen and oxygen atoms in total. The molecule has 2 aliphatic heterocycles. The quantitative estimate of drug-likeness (QED) is 0.0914. The zero-order valence-corrected chi connectivity index (χ0v) is 35.2. The first-order valence-corrected chi connectivity index (χ1v) is 22.7. The van der Waals surface area contributed by atoms with Gasteiger partial charge in [0.05, 0.1) is 49.7 Å². The Bertz CT molecular complexity index is 2600. The number of aromatic nitrogens is 4. The predicted molar refractivity (Wildman–Crippen MR) is 236 cm³/mol. The molecule has 0 radical (unpaired) electrons. The molecular formula is C47H41N4O4P2Pd+. The van der Waals surface area contributed by atoms with E-state index in [-0.39, 0.29) is 73.2 Å². The summed E-state index contributed by atoms with van der Waals surface area (Å²) >= 11 is 0. The number of nitrogens with zero attached hydrogens (tertiary/aromatic N) is 4. The maximum atomic E-state index is 14.7. The van der Waals surface area contributed by atoms with E-state index in [9.17, 15) is 19.2 Å². The van der Waals surface area contributed by atoms with E-state index >= 15 is 0 Å². The molecule has 6 atom stereocenters. The van der Waals surface area contributed by atoms with Gasteiger partial charge in [-0.05, 0) is 24.3 Å². The van der Waals surface area contributed by atoms with Gasteiger partial charge in [0.2, 0.25) is 0 Å². The van der Waals surface area contributed by atoms with E-state index in [1.807, 2.05) is 97.1 Å². The Kier molecular flexibility index (Phi) is 11.0. The smallest absolute Gasteiger partial charge is 0.277 e. The first kappa shape index (κ1) is 39.5. The van der Waals surface area contributed by atoms with Gasteiger partial charge in [-0.2, -0.15) is 0 Å². The molecule has 0 bridgehead atoms. The first-order valence-electron chi connectivity index (χ1n) is 19.0. The molecule has 0 saturated carbocycles. The molecule has 0 N–H and O–H groups in total. The minimum Gasteiger partial charge on any atom is -0.358 e. The molecule has 8 aromatic rings. The van der Waals surface area contributed by atoms with Crippen LogP contribution in [0.25, 0.3) is 21.5 Å². The second-order valence-corrected chi connectivity index (χ2v) is 20.1. The summed E-state index contributed by atoms with van der Waals surface area (Å²) in [5.41, 5.74) is 3.28. The van der Waals surface area contributed by atoms with Crippen LogP contribution in [0.5, 0.6) is 0 Å². The van der Waals surface area contributed by atoms with Crippen LogP contribution in [0.1, 0.15) is 45.4 Å². The molecule has 292 valence electrons. The molecule has 4 heterocycles. The fourth-order valence-electron chi connectivity index (χ4n) is 9.29. The number of hydrogen-bond acceptors (Lipinski definition) is 4. The van der Waals surface area contributed by atoms with Gasteiger partial charge in [0.1, 0.15) is 0 Å². The monoisotopic (exact) mass is 893 g/mol. The van der Waals surface area contributed by atoms with Crippen LogP contribution in [0.3, 0.4) is 0 Å². The van der Waals surface area contributed by atoms with Gasteiger partial charge in [0.25, 0.3) is 22.2 Å². The van der Waals surface area contributed by atoms with E-state index in [1.165, 1.54) is 0 Å². The summed E-state index contributed by atoms with van der Waals surface area (Å²) in [7, 11) is -3.47. The molecule has 2 aliphatic rings. The minimum absolute atomic E-state index is 0. The first-order chi connectivity index (χ1) is 27.5. The van der Waals surface area contributed by atoms with Crippen LogP contribution in [-0.4, -0.2) is 31.1 Å². The third kappa shape index (κ3) is 6.24. The van der Waals surface area contributed by atoms with Gasteiger partial charge >= 0.3 is 0 Å². The molecule has 4 unspecified atom stereocenters. The van der Waals surface area contributed by atoms with Crippen molar-refractivity contribution in [3.05, 3.63) is 241 Å². The van der Waals surface area contributed by atoms with Crippen molar-refractivity contribution in [1.82, 2.24) is 18.7 Å². The molecule has 0 saturated heterocycles. The molecule has 10 rings (SSSR count). The summed E-state index contributed by atoms with van der Waals surface area (Å²) in [5.74, 6) is -1.39.